The van der Waals surface area contributed by atoms with Crippen molar-refractivity contribution in [3.63, 3.8) is 0 Å². The van der Waals surface area contributed by atoms with Gasteiger partial charge in [-0.2, -0.15) is 0 Å². The van der Waals surface area contributed by atoms with Crippen LogP contribution in [-0.4, -0.2) is 24.4 Å². The maximum Gasteiger partial charge on any atom is 0.253 e. The summed E-state index contributed by atoms with van der Waals surface area (Å²) in [5.74, 6) is 1.91. The van der Waals surface area contributed by atoms with E-state index in [4.69, 9.17) is 25.5 Å². The van der Waals surface area contributed by atoms with Crippen LogP contribution in [0.25, 0.3) is 0 Å². The van der Waals surface area contributed by atoms with Gasteiger partial charge in [-0.1, -0.05) is 11.6 Å². The quantitative estimate of drug-likeness (QED) is 0.882. The molecule has 0 bridgehead atoms. The molecule has 1 N–H and O–H groups in total. The van der Waals surface area contributed by atoms with Crippen LogP contribution in [0.1, 0.15) is 17.3 Å². The van der Waals surface area contributed by atoms with Gasteiger partial charge in [0.05, 0.1) is 12.1 Å². The van der Waals surface area contributed by atoms with Crippen LogP contribution in [0.5, 0.6) is 11.5 Å². The highest BCUT2D eigenvalue weighted by Gasteiger charge is 2.13. The lowest BCUT2D eigenvalue weighted by Gasteiger charge is -2.13. The van der Waals surface area contributed by atoms with E-state index in [0.29, 0.717) is 34.8 Å². The van der Waals surface area contributed by atoms with Gasteiger partial charge in [-0.15, -0.1) is 10.2 Å². The number of aryl methyl sites for hydroxylation is 1. The first kappa shape index (κ1) is 14.6. The lowest BCUT2D eigenvalue weighted by molar-refractivity contribution is 0.248. The summed E-state index contributed by atoms with van der Waals surface area (Å²) in [7, 11) is 3.43. The minimum atomic E-state index is 0.141. The minimum Gasteiger partial charge on any atom is -0.493 e. The third-order valence-corrected chi connectivity index (χ3v) is 2.86. The van der Waals surface area contributed by atoms with Crippen molar-refractivity contribution < 1.29 is 13.9 Å². The van der Waals surface area contributed by atoms with Crippen LogP contribution in [0.2, 0.25) is 5.02 Å². The van der Waals surface area contributed by atoms with Gasteiger partial charge in [-0.25, -0.2) is 0 Å². The molecule has 0 unspecified atom stereocenters. The Kier molecular flexibility index (Phi) is 4.81. The van der Waals surface area contributed by atoms with Crippen LogP contribution < -0.4 is 14.8 Å². The summed E-state index contributed by atoms with van der Waals surface area (Å²) in [6.45, 7) is 2.55. The summed E-state index contributed by atoms with van der Waals surface area (Å²) in [6.07, 6.45) is 0. The molecule has 0 aliphatic heterocycles. The Morgan fingerprint density at radius 3 is 2.75 bits per heavy atom. The smallest absolute Gasteiger partial charge is 0.253 e. The van der Waals surface area contributed by atoms with Crippen LogP contribution in [0.3, 0.4) is 0 Å². The molecule has 0 radical (unpaired) electrons. The second kappa shape index (κ2) is 6.58. The Labute approximate surface area is 122 Å². The molecule has 1 aromatic carbocycles. The fourth-order valence-corrected chi connectivity index (χ4v) is 2.04. The van der Waals surface area contributed by atoms with E-state index in [2.05, 4.69) is 15.5 Å². The zero-order valence-electron chi connectivity index (χ0n) is 11.6. The van der Waals surface area contributed by atoms with Gasteiger partial charge in [0, 0.05) is 13.5 Å². The molecular weight excluding hydrogens is 282 g/mol. The number of ether oxygens (including phenoxy) is 2. The van der Waals surface area contributed by atoms with E-state index in [9.17, 15) is 0 Å². The van der Waals surface area contributed by atoms with Crippen molar-refractivity contribution in [2.45, 2.75) is 20.1 Å². The number of hydrogen-bond donors (Lipinski definition) is 1. The van der Waals surface area contributed by atoms with E-state index in [1.165, 1.54) is 0 Å². The average molecular weight is 298 g/mol. The largest absolute Gasteiger partial charge is 0.493 e. The third kappa shape index (κ3) is 3.40. The summed E-state index contributed by atoms with van der Waals surface area (Å²) in [6, 6.07) is 3.70. The molecule has 1 aromatic heterocycles. The van der Waals surface area contributed by atoms with Gasteiger partial charge in [-0.3, -0.25) is 0 Å². The normalized spacial score (nSPS) is 10.6. The molecule has 2 aromatic rings. The number of halogens is 1. The fraction of sp³-hybridized carbons (Fsp3) is 0.385. The van der Waals surface area contributed by atoms with Crippen molar-refractivity contribution in [1.82, 2.24) is 15.5 Å². The highest BCUT2D eigenvalue weighted by Crippen LogP contribution is 2.36. The molecule has 0 fully saturated rings. The molecule has 7 heteroatoms. The first-order valence-corrected chi connectivity index (χ1v) is 6.44. The molecule has 1 heterocycles. The SMILES string of the molecule is CNCc1cc(Cl)c(OCc2nnc(C)o2)c(OC)c1. The molecule has 6 nitrogen and oxygen atoms in total. The van der Waals surface area contributed by atoms with Gasteiger partial charge in [0.15, 0.2) is 18.1 Å². The summed E-state index contributed by atoms with van der Waals surface area (Å²) < 4.78 is 16.2. The summed E-state index contributed by atoms with van der Waals surface area (Å²) in [5.41, 5.74) is 1.01. The van der Waals surface area contributed by atoms with Crippen LogP contribution in [0.15, 0.2) is 16.5 Å². The molecule has 2 rings (SSSR count). The first-order chi connectivity index (χ1) is 9.63. The van der Waals surface area contributed by atoms with Crippen molar-refractivity contribution in [1.29, 1.82) is 0 Å². The van der Waals surface area contributed by atoms with Gasteiger partial charge < -0.3 is 19.2 Å². The molecular formula is C13H16ClN3O3. The number of hydrogen-bond acceptors (Lipinski definition) is 6. The molecule has 108 valence electrons. The monoisotopic (exact) mass is 297 g/mol. The molecule has 0 saturated carbocycles. The van der Waals surface area contributed by atoms with E-state index in [1.54, 1.807) is 14.0 Å². The minimum absolute atomic E-state index is 0.141. The highest BCUT2D eigenvalue weighted by molar-refractivity contribution is 6.32. The Morgan fingerprint density at radius 2 is 2.15 bits per heavy atom. The molecule has 0 atom stereocenters. The van der Waals surface area contributed by atoms with Crippen molar-refractivity contribution >= 4 is 11.6 Å². The number of benzene rings is 1. The maximum atomic E-state index is 6.22. The van der Waals surface area contributed by atoms with Gasteiger partial charge >= 0.3 is 0 Å². The maximum absolute atomic E-state index is 6.22. The Balaban J connectivity index is 2.17. The Morgan fingerprint density at radius 1 is 1.35 bits per heavy atom. The van der Waals surface area contributed by atoms with E-state index in [0.717, 1.165) is 5.56 Å². The predicted molar refractivity (Wildman–Crippen MR) is 74.1 cm³/mol. The standard InChI is InChI=1S/C13H16ClN3O3/c1-8-16-17-12(20-8)7-19-13-10(14)4-9(6-15-2)5-11(13)18-3/h4-5,15H,6-7H2,1-3H3. The molecule has 0 spiro atoms. The van der Waals surface area contributed by atoms with Crippen molar-refractivity contribution in [2.24, 2.45) is 0 Å². The van der Waals surface area contributed by atoms with E-state index >= 15 is 0 Å². The van der Waals surface area contributed by atoms with Crippen LogP contribution in [0, 0.1) is 6.92 Å². The zero-order chi connectivity index (χ0) is 14.5. The molecule has 0 saturated heterocycles. The first-order valence-electron chi connectivity index (χ1n) is 6.06. The lowest BCUT2D eigenvalue weighted by atomic mass is 10.2. The van der Waals surface area contributed by atoms with Crippen LogP contribution in [0.4, 0.5) is 0 Å². The second-order valence-electron chi connectivity index (χ2n) is 4.14. The van der Waals surface area contributed by atoms with Crippen LogP contribution >= 0.6 is 11.6 Å². The van der Waals surface area contributed by atoms with Crippen molar-refractivity contribution in [3.8, 4) is 11.5 Å². The number of rotatable bonds is 6. The van der Waals surface area contributed by atoms with Crippen molar-refractivity contribution in [2.75, 3.05) is 14.2 Å². The van der Waals surface area contributed by atoms with Crippen molar-refractivity contribution in [3.05, 3.63) is 34.5 Å². The number of aromatic nitrogens is 2. The molecule has 0 amide bonds. The zero-order valence-corrected chi connectivity index (χ0v) is 12.3. The molecule has 0 aliphatic carbocycles. The summed E-state index contributed by atoms with van der Waals surface area (Å²) in [4.78, 5) is 0. The number of nitrogens with zero attached hydrogens (tertiary/aromatic N) is 2. The Bertz CT molecular complexity index is 586. The summed E-state index contributed by atoms with van der Waals surface area (Å²) in [5, 5.41) is 11.1. The summed E-state index contributed by atoms with van der Waals surface area (Å²) >= 11 is 6.22. The van der Waals surface area contributed by atoms with E-state index in [-0.39, 0.29) is 6.61 Å². The van der Waals surface area contributed by atoms with Crippen LogP contribution in [-0.2, 0) is 13.2 Å². The third-order valence-electron chi connectivity index (χ3n) is 2.58. The Hall–Kier alpha value is -1.79. The molecule has 20 heavy (non-hydrogen) atoms. The lowest BCUT2D eigenvalue weighted by Crippen LogP contribution is -2.06. The van der Waals surface area contributed by atoms with Gasteiger partial charge in [0.2, 0.25) is 5.89 Å². The van der Waals surface area contributed by atoms with Gasteiger partial charge in [0.1, 0.15) is 0 Å². The van der Waals surface area contributed by atoms with Gasteiger partial charge in [0.25, 0.3) is 5.89 Å². The number of methoxy groups -OCH3 is 1. The fourth-order valence-electron chi connectivity index (χ4n) is 1.75. The predicted octanol–water partition coefficient (Wildman–Crippen LogP) is 2.34. The molecule has 0 aliphatic rings. The highest BCUT2D eigenvalue weighted by atomic mass is 35.5. The average Bonchev–Trinajstić information content (AvgIpc) is 2.83. The topological polar surface area (TPSA) is 69.4 Å². The second-order valence-corrected chi connectivity index (χ2v) is 4.55. The number of nitrogens with one attached hydrogen (secondary N) is 1. The van der Waals surface area contributed by atoms with Gasteiger partial charge in [-0.05, 0) is 24.7 Å². The van der Waals surface area contributed by atoms with E-state index in [1.807, 2.05) is 19.2 Å². The van der Waals surface area contributed by atoms with E-state index < -0.39 is 0 Å².